The van der Waals surface area contributed by atoms with Crippen LogP contribution in [0.25, 0.3) is 0 Å². The fourth-order valence-corrected chi connectivity index (χ4v) is 3.16. The third-order valence-electron chi connectivity index (χ3n) is 4.31. The maximum Gasteiger partial charge on any atom is 0.304 e. The van der Waals surface area contributed by atoms with Gasteiger partial charge in [-0.3, -0.25) is 9.59 Å². The maximum atomic E-state index is 12.3. The summed E-state index contributed by atoms with van der Waals surface area (Å²) in [4.78, 5) is 23.4. The Morgan fingerprint density at radius 3 is 2.23 bits per heavy atom. The first-order valence-corrected chi connectivity index (χ1v) is 8.72. The molecular weight excluding hydrogens is 328 g/mol. The molecule has 5 heteroatoms. The Morgan fingerprint density at radius 1 is 1.04 bits per heavy atom. The lowest BCUT2D eigenvalue weighted by molar-refractivity contribution is -0.137. The summed E-state index contributed by atoms with van der Waals surface area (Å²) in [5.41, 5.74) is 5.02. The first-order valence-electron chi connectivity index (χ1n) is 8.72. The molecule has 0 saturated carbocycles. The van der Waals surface area contributed by atoms with Gasteiger partial charge in [0.05, 0.1) is 13.0 Å². The van der Waals surface area contributed by atoms with E-state index in [-0.39, 0.29) is 24.8 Å². The molecule has 0 heterocycles. The predicted octanol–water partition coefficient (Wildman–Crippen LogP) is 3.40. The number of carbonyl (C=O) groups excluding carboxylic acids is 1. The summed E-state index contributed by atoms with van der Waals surface area (Å²) >= 11 is 0. The van der Waals surface area contributed by atoms with E-state index in [1.807, 2.05) is 63.2 Å². The minimum Gasteiger partial charge on any atom is -0.481 e. The lowest BCUT2D eigenvalue weighted by atomic mass is 9.96. The van der Waals surface area contributed by atoms with E-state index in [1.54, 1.807) is 0 Å². The second-order valence-corrected chi connectivity index (χ2v) is 6.66. The molecule has 2 aromatic carbocycles. The van der Waals surface area contributed by atoms with E-state index in [2.05, 4.69) is 10.6 Å². The summed E-state index contributed by atoms with van der Waals surface area (Å²) in [7, 11) is 0. The number of carbonyl (C=O) groups is 2. The molecule has 0 aromatic heterocycles. The van der Waals surface area contributed by atoms with Crippen molar-refractivity contribution in [2.45, 2.75) is 33.1 Å². The van der Waals surface area contributed by atoms with E-state index in [4.69, 9.17) is 5.11 Å². The Morgan fingerprint density at radius 2 is 1.65 bits per heavy atom. The van der Waals surface area contributed by atoms with Crippen LogP contribution in [0.15, 0.2) is 42.5 Å². The van der Waals surface area contributed by atoms with E-state index in [0.29, 0.717) is 6.54 Å². The average molecular weight is 354 g/mol. The normalized spacial score (nSPS) is 11.8. The van der Waals surface area contributed by atoms with Gasteiger partial charge in [-0.2, -0.15) is 0 Å². The molecule has 0 fully saturated rings. The molecule has 0 aliphatic rings. The number of aliphatic carboxylic acids is 1. The van der Waals surface area contributed by atoms with Gasteiger partial charge in [0, 0.05) is 18.2 Å². The molecular formula is C21H26N2O3. The predicted molar refractivity (Wildman–Crippen MR) is 104 cm³/mol. The van der Waals surface area contributed by atoms with E-state index < -0.39 is 5.97 Å². The molecule has 138 valence electrons. The van der Waals surface area contributed by atoms with Crippen LogP contribution < -0.4 is 10.6 Å². The molecule has 1 unspecified atom stereocenters. The van der Waals surface area contributed by atoms with Crippen molar-refractivity contribution in [2.24, 2.45) is 0 Å². The van der Waals surface area contributed by atoms with Crippen molar-refractivity contribution in [3.8, 4) is 0 Å². The molecule has 2 rings (SSSR count). The van der Waals surface area contributed by atoms with E-state index in [0.717, 1.165) is 27.9 Å². The topological polar surface area (TPSA) is 78.4 Å². The minimum atomic E-state index is -0.851. The average Bonchev–Trinajstić information content (AvgIpc) is 2.57. The molecule has 0 saturated heterocycles. The van der Waals surface area contributed by atoms with E-state index in [1.165, 1.54) is 0 Å². The molecule has 2 aromatic rings. The highest BCUT2D eigenvalue weighted by atomic mass is 16.4. The number of amides is 1. The third kappa shape index (κ3) is 5.70. The summed E-state index contributed by atoms with van der Waals surface area (Å²) in [6.07, 6.45) is 0.0226. The lowest BCUT2D eigenvalue weighted by Crippen LogP contribution is -2.32. The van der Waals surface area contributed by atoms with E-state index >= 15 is 0 Å². The van der Waals surface area contributed by atoms with Crippen molar-refractivity contribution in [3.63, 3.8) is 0 Å². The van der Waals surface area contributed by atoms with Crippen LogP contribution in [0.3, 0.4) is 0 Å². The van der Waals surface area contributed by atoms with Crippen LogP contribution in [0.5, 0.6) is 0 Å². The number of aryl methyl sites for hydroxylation is 3. The van der Waals surface area contributed by atoms with Gasteiger partial charge in [0.1, 0.15) is 0 Å². The summed E-state index contributed by atoms with van der Waals surface area (Å²) in [6, 6.07) is 13.6. The minimum absolute atomic E-state index is 0.0226. The second-order valence-electron chi connectivity index (χ2n) is 6.66. The highest BCUT2D eigenvalue weighted by Gasteiger charge is 2.16. The van der Waals surface area contributed by atoms with Crippen LogP contribution in [0.2, 0.25) is 0 Å². The Hall–Kier alpha value is -2.66. The fourth-order valence-electron chi connectivity index (χ4n) is 3.16. The SMILES string of the molecule is Cc1cc(C)c(NC(=O)CNCC(CC(=O)O)c2ccccc2)c(C)c1. The van der Waals surface area contributed by atoms with Gasteiger partial charge in [-0.15, -0.1) is 0 Å². The Bertz CT molecular complexity index is 749. The Labute approximate surface area is 154 Å². The highest BCUT2D eigenvalue weighted by molar-refractivity contribution is 5.93. The number of carboxylic acids is 1. The molecule has 5 nitrogen and oxygen atoms in total. The first-order chi connectivity index (χ1) is 12.4. The van der Waals surface area contributed by atoms with Gasteiger partial charge >= 0.3 is 5.97 Å². The van der Waals surface area contributed by atoms with E-state index in [9.17, 15) is 9.59 Å². The fraction of sp³-hybridized carbons (Fsp3) is 0.333. The maximum absolute atomic E-state index is 12.3. The number of benzene rings is 2. The quantitative estimate of drug-likeness (QED) is 0.679. The van der Waals surface area contributed by atoms with Crippen molar-refractivity contribution < 1.29 is 14.7 Å². The lowest BCUT2D eigenvalue weighted by Gasteiger charge is -2.17. The zero-order chi connectivity index (χ0) is 19.1. The molecule has 3 N–H and O–H groups in total. The zero-order valence-corrected chi connectivity index (χ0v) is 15.5. The largest absolute Gasteiger partial charge is 0.481 e. The summed E-state index contributed by atoms with van der Waals surface area (Å²) in [5, 5.41) is 15.2. The Balaban J connectivity index is 1.93. The molecule has 0 spiro atoms. The molecule has 0 radical (unpaired) electrons. The van der Waals surface area contributed by atoms with Gasteiger partial charge in [-0.05, 0) is 37.5 Å². The molecule has 0 aliphatic heterocycles. The van der Waals surface area contributed by atoms with Crippen LogP contribution in [0.1, 0.15) is 34.6 Å². The summed E-state index contributed by atoms with van der Waals surface area (Å²) in [5.74, 6) is -1.16. The van der Waals surface area contributed by atoms with Gasteiger partial charge in [0.15, 0.2) is 0 Å². The van der Waals surface area contributed by atoms with Gasteiger partial charge in [-0.1, -0.05) is 48.0 Å². The first kappa shape index (κ1) is 19.7. The van der Waals surface area contributed by atoms with Gasteiger partial charge in [0.25, 0.3) is 0 Å². The standard InChI is InChI=1S/C21H26N2O3/c1-14-9-15(2)21(16(3)10-14)23-19(24)13-22-12-18(11-20(25)26)17-7-5-4-6-8-17/h4-10,18,22H,11-13H2,1-3H3,(H,23,24)(H,25,26). The summed E-state index contributed by atoms with van der Waals surface area (Å²) in [6.45, 7) is 6.54. The molecule has 1 amide bonds. The number of carboxylic acid groups (broad SMARTS) is 1. The van der Waals surface area contributed by atoms with Gasteiger partial charge < -0.3 is 15.7 Å². The number of rotatable bonds is 8. The van der Waals surface area contributed by atoms with Crippen molar-refractivity contribution in [1.82, 2.24) is 5.32 Å². The molecule has 0 bridgehead atoms. The number of hydrogen-bond acceptors (Lipinski definition) is 3. The van der Waals surface area contributed by atoms with Gasteiger partial charge in [0.2, 0.25) is 5.91 Å². The zero-order valence-electron chi connectivity index (χ0n) is 15.5. The third-order valence-corrected chi connectivity index (χ3v) is 4.31. The van der Waals surface area contributed by atoms with Crippen LogP contribution in [0, 0.1) is 20.8 Å². The van der Waals surface area contributed by atoms with Crippen LogP contribution in [-0.4, -0.2) is 30.1 Å². The molecule has 1 atom stereocenters. The molecule has 0 aliphatic carbocycles. The second kappa shape index (κ2) is 9.15. The van der Waals surface area contributed by atoms with Crippen molar-refractivity contribution in [2.75, 3.05) is 18.4 Å². The van der Waals surface area contributed by atoms with Crippen molar-refractivity contribution in [3.05, 3.63) is 64.7 Å². The van der Waals surface area contributed by atoms with Crippen molar-refractivity contribution in [1.29, 1.82) is 0 Å². The Kier molecular flexibility index (Phi) is 6.92. The number of hydrogen-bond donors (Lipinski definition) is 3. The van der Waals surface area contributed by atoms with Crippen LogP contribution in [-0.2, 0) is 9.59 Å². The van der Waals surface area contributed by atoms with Crippen molar-refractivity contribution >= 4 is 17.6 Å². The van der Waals surface area contributed by atoms with Gasteiger partial charge in [-0.25, -0.2) is 0 Å². The molecule has 26 heavy (non-hydrogen) atoms. The highest BCUT2D eigenvalue weighted by Crippen LogP contribution is 2.22. The summed E-state index contributed by atoms with van der Waals surface area (Å²) < 4.78 is 0. The smallest absolute Gasteiger partial charge is 0.304 e. The van der Waals surface area contributed by atoms with Crippen LogP contribution in [0.4, 0.5) is 5.69 Å². The van der Waals surface area contributed by atoms with Crippen LogP contribution >= 0.6 is 0 Å². The number of nitrogens with one attached hydrogen (secondary N) is 2. The number of anilines is 1. The monoisotopic (exact) mass is 354 g/mol.